The highest BCUT2D eigenvalue weighted by Gasteiger charge is 2.20. The minimum atomic E-state index is 0.707. The van der Waals surface area contributed by atoms with Gasteiger partial charge in [0.2, 0.25) is 0 Å². The fourth-order valence-corrected chi connectivity index (χ4v) is 1.81. The molecule has 0 aliphatic heterocycles. The number of hydrogen-bond donors (Lipinski definition) is 0. The Labute approximate surface area is 63.0 Å². The van der Waals surface area contributed by atoms with Crippen LogP contribution in [-0.2, 0) is 0 Å². The molecule has 2 unspecified atom stereocenters. The van der Waals surface area contributed by atoms with Crippen LogP contribution in [0.3, 0.4) is 0 Å². The van der Waals surface area contributed by atoms with E-state index in [0.717, 1.165) is 12.3 Å². The van der Waals surface area contributed by atoms with Crippen LogP contribution in [0.5, 0.6) is 0 Å². The second kappa shape index (κ2) is 3.61. The molecule has 0 aromatic heterocycles. The van der Waals surface area contributed by atoms with Gasteiger partial charge in [0.1, 0.15) is 0 Å². The predicted molar refractivity (Wildman–Crippen MR) is 41.4 cm³/mol. The number of nitriles is 1. The number of nitrogens with zero attached hydrogens (tertiary/aromatic N) is 1. The first-order valence-corrected chi connectivity index (χ1v) is 4.21. The van der Waals surface area contributed by atoms with Gasteiger partial charge in [0.15, 0.2) is 0 Å². The van der Waals surface area contributed by atoms with Gasteiger partial charge in [-0.2, -0.15) is 5.26 Å². The zero-order chi connectivity index (χ0) is 7.40. The van der Waals surface area contributed by atoms with Gasteiger partial charge < -0.3 is 0 Å². The van der Waals surface area contributed by atoms with Crippen molar-refractivity contribution in [3.05, 3.63) is 0 Å². The lowest BCUT2D eigenvalue weighted by Crippen LogP contribution is -2.15. The van der Waals surface area contributed by atoms with E-state index in [-0.39, 0.29) is 0 Å². The molecule has 1 nitrogen and oxygen atoms in total. The van der Waals surface area contributed by atoms with Crippen molar-refractivity contribution in [2.75, 3.05) is 0 Å². The van der Waals surface area contributed by atoms with E-state index in [0.29, 0.717) is 5.92 Å². The lowest BCUT2D eigenvalue weighted by Gasteiger charge is -2.26. The van der Waals surface area contributed by atoms with Crippen molar-refractivity contribution in [2.24, 2.45) is 11.8 Å². The average Bonchev–Trinajstić information content (AvgIpc) is 1.94. The Morgan fingerprint density at radius 2 is 2.10 bits per heavy atom. The van der Waals surface area contributed by atoms with Gasteiger partial charge in [-0.1, -0.05) is 26.2 Å². The van der Waals surface area contributed by atoms with E-state index in [1.54, 1.807) is 0 Å². The first-order valence-electron chi connectivity index (χ1n) is 4.21. The molecular formula is C9H15N. The summed E-state index contributed by atoms with van der Waals surface area (Å²) < 4.78 is 0. The summed E-state index contributed by atoms with van der Waals surface area (Å²) in [5.74, 6) is 1.51. The van der Waals surface area contributed by atoms with Crippen LogP contribution >= 0.6 is 0 Å². The van der Waals surface area contributed by atoms with Crippen molar-refractivity contribution in [1.82, 2.24) is 0 Å². The van der Waals surface area contributed by atoms with E-state index in [2.05, 4.69) is 13.0 Å². The molecule has 56 valence electrons. The Hall–Kier alpha value is -0.510. The first-order chi connectivity index (χ1) is 4.84. The molecule has 1 aliphatic carbocycles. The third kappa shape index (κ3) is 1.73. The second-order valence-corrected chi connectivity index (χ2v) is 3.38. The molecule has 1 aliphatic rings. The molecule has 1 fully saturated rings. The van der Waals surface area contributed by atoms with E-state index in [1.165, 1.54) is 25.7 Å². The Bertz CT molecular complexity index is 134. The van der Waals surface area contributed by atoms with Gasteiger partial charge >= 0.3 is 0 Å². The third-order valence-electron chi connectivity index (χ3n) is 2.64. The molecule has 0 amide bonds. The smallest absolute Gasteiger partial charge is 0.0624 e. The maximum atomic E-state index is 8.49. The second-order valence-electron chi connectivity index (χ2n) is 3.38. The van der Waals surface area contributed by atoms with Gasteiger partial charge in [0.25, 0.3) is 0 Å². The molecule has 0 aromatic rings. The van der Waals surface area contributed by atoms with E-state index in [4.69, 9.17) is 5.26 Å². The maximum absolute atomic E-state index is 8.49. The molecule has 0 spiro atoms. The minimum absolute atomic E-state index is 0.707. The Morgan fingerprint density at radius 1 is 1.40 bits per heavy atom. The third-order valence-corrected chi connectivity index (χ3v) is 2.64. The Balaban J connectivity index is 2.34. The summed E-state index contributed by atoms with van der Waals surface area (Å²) in [4.78, 5) is 0. The molecule has 0 radical (unpaired) electrons. The fraction of sp³-hybridized carbons (Fsp3) is 0.889. The van der Waals surface area contributed by atoms with Crippen molar-refractivity contribution in [3.63, 3.8) is 0 Å². The standard InChI is InChI=1S/C9H15N/c1-8-4-2-3-5-9(8)6-7-10/h8-9H,2-6H2,1H3. The summed E-state index contributed by atoms with van der Waals surface area (Å²) in [6.45, 7) is 2.28. The number of hydrogen-bond acceptors (Lipinski definition) is 1. The van der Waals surface area contributed by atoms with Gasteiger partial charge in [-0.15, -0.1) is 0 Å². The molecule has 0 aromatic carbocycles. The van der Waals surface area contributed by atoms with E-state index < -0.39 is 0 Å². The first kappa shape index (κ1) is 7.60. The summed E-state index contributed by atoms with van der Waals surface area (Å²) >= 11 is 0. The molecule has 0 saturated heterocycles. The van der Waals surface area contributed by atoms with Crippen molar-refractivity contribution < 1.29 is 0 Å². The van der Waals surface area contributed by atoms with Gasteiger partial charge in [-0.05, 0) is 18.3 Å². The van der Waals surface area contributed by atoms with Crippen LogP contribution in [0.25, 0.3) is 0 Å². The van der Waals surface area contributed by atoms with Crippen LogP contribution in [0.4, 0.5) is 0 Å². The molecule has 0 heterocycles. The molecule has 1 rings (SSSR count). The lowest BCUT2D eigenvalue weighted by atomic mass is 9.79. The molecule has 0 N–H and O–H groups in total. The molecule has 10 heavy (non-hydrogen) atoms. The topological polar surface area (TPSA) is 23.8 Å². The normalized spacial score (nSPS) is 33.2. The minimum Gasteiger partial charge on any atom is -0.198 e. The van der Waals surface area contributed by atoms with E-state index in [9.17, 15) is 0 Å². The van der Waals surface area contributed by atoms with E-state index in [1.807, 2.05) is 0 Å². The summed E-state index contributed by atoms with van der Waals surface area (Å²) in [7, 11) is 0. The van der Waals surface area contributed by atoms with Crippen LogP contribution in [0.15, 0.2) is 0 Å². The SMILES string of the molecule is CC1CCCCC1CC#N. The summed E-state index contributed by atoms with van der Waals surface area (Å²) in [6.07, 6.45) is 6.13. The lowest BCUT2D eigenvalue weighted by molar-refractivity contribution is 0.260. The van der Waals surface area contributed by atoms with Crippen LogP contribution < -0.4 is 0 Å². The maximum Gasteiger partial charge on any atom is 0.0624 e. The summed E-state index contributed by atoms with van der Waals surface area (Å²) in [6, 6.07) is 2.27. The van der Waals surface area contributed by atoms with Gasteiger partial charge in [-0.25, -0.2) is 0 Å². The molecule has 2 atom stereocenters. The molecule has 1 saturated carbocycles. The average molecular weight is 137 g/mol. The summed E-state index contributed by atoms with van der Waals surface area (Å²) in [5, 5.41) is 8.49. The van der Waals surface area contributed by atoms with Crippen LogP contribution in [0.2, 0.25) is 0 Å². The van der Waals surface area contributed by atoms with Crippen LogP contribution in [0, 0.1) is 23.2 Å². The van der Waals surface area contributed by atoms with Crippen molar-refractivity contribution in [2.45, 2.75) is 39.0 Å². The van der Waals surface area contributed by atoms with Gasteiger partial charge in [0, 0.05) is 6.42 Å². The summed E-state index contributed by atoms with van der Waals surface area (Å²) in [5.41, 5.74) is 0. The molecular weight excluding hydrogens is 122 g/mol. The largest absolute Gasteiger partial charge is 0.198 e. The number of rotatable bonds is 1. The van der Waals surface area contributed by atoms with Crippen LogP contribution in [-0.4, -0.2) is 0 Å². The fourth-order valence-electron chi connectivity index (χ4n) is 1.81. The van der Waals surface area contributed by atoms with E-state index >= 15 is 0 Å². The molecule has 1 heteroatoms. The van der Waals surface area contributed by atoms with Crippen molar-refractivity contribution in [1.29, 1.82) is 5.26 Å². The highest BCUT2D eigenvalue weighted by atomic mass is 14.3. The zero-order valence-electron chi connectivity index (χ0n) is 6.64. The van der Waals surface area contributed by atoms with Crippen LogP contribution in [0.1, 0.15) is 39.0 Å². The van der Waals surface area contributed by atoms with Gasteiger partial charge in [0.05, 0.1) is 6.07 Å². The van der Waals surface area contributed by atoms with Crippen molar-refractivity contribution in [3.8, 4) is 6.07 Å². The predicted octanol–water partition coefficient (Wildman–Crippen LogP) is 2.73. The molecule has 0 bridgehead atoms. The highest BCUT2D eigenvalue weighted by Crippen LogP contribution is 2.31. The quantitative estimate of drug-likeness (QED) is 0.545. The zero-order valence-corrected chi connectivity index (χ0v) is 6.64. The monoisotopic (exact) mass is 137 g/mol. The van der Waals surface area contributed by atoms with Gasteiger partial charge in [-0.3, -0.25) is 0 Å². The Kier molecular flexibility index (Phi) is 2.74. The highest BCUT2D eigenvalue weighted by molar-refractivity contribution is 4.81. The van der Waals surface area contributed by atoms with Crippen molar-refractivity contribution >= 4 is 0 Å². The Morgan fingerprint density at radius 3 is 2.70 bits per heavy atom.